The van der Waals surface area contributed by atoms with Crippen LogP contribution in [0.2, 0.25) is 0 Å². The summed E-state index contributed by atoms with van der Waals surface area (Å²) in [4.78, 5) is 64.3. The van der Waals surface area contributed by atoms with Gasteiger partial charge in [-0.1, -0.05) is 13.8 Å². The number of nitrogens with two attached hydrogens (primary N) is 2. The molecule has 0 saturated carbocycles. The smallest absolute Gasteiger partial charge is 0.312 e. The first-order valence-electron chi connectivity index (χ1n) is 17.4. The number of nitrogens with zero attached hydrogens (tertiary/aromatic N) is 2. The summed E-state index contributed by atoms with van der Waals surface area (Å²) in [6.45, 7) is 11.5. The van der Waals surface area contributed by atoms with Crippen LogP contribution in [0.5, 0.6) is 0 Å². The number of hydrogen-bond acceptors (Lipinski definition) is 12. The van der Waals surface area contributed by atoms with Gasteiger partial charge in [0.25, 0.3) is 0 Å². The normalized spacial score (nSPS) is 12.6. The molecule has 0 aliphatic rings. The molecule has 0 saturated heterocycles. The average Bonchev–Trinajstić information content (AvgIpc) is 3.05. The van der Waals surface area contributed by atoms with Gasteiger partial charge < -0.3 is 61.9 Å². The molecule has 2 unspecified atom stereocenters. The Hall–Kier alpha value is -3.13. The Morgan fingerprint density at radius 1 is 0.660 bits per heavy atom. The molecule has 50 heavy (non-hydrogen) atoms. The molecule has 18 nitrogen and oxygen atoms in total. The van der Waals surface area contributed by atoms with Crippen molar-refractivity contribution in [2.45, 2.75) is 51.6 Å². The van der Waals surface area contributed by atoms with Gasteiger partial charge in [0, 0.05) is 58.7 Å². The Kier molecular flexibility index (Phi) is 28.8. The highest BCUT2D eigenvalue weighted by Crippen LogP contribution is 2.05. The zero-order valence-electron chi connectivity index (χ0n) is 30.9. The lowest BCUT2D eigenvalue weighted by molar-refractivity contribution is -0.132. The zero-order valence-corrected chi connectivity index (χ0v) is 30.9. The molecule has 6 amide bonds. The van der Waals surface area contributed by atoms with Gasteiger partial charge in [0.05, 0.1) is 52.9 Å². The number of amides is 6. The van der Waals surface area contributed by atoms with Gasteiger partial charge in [0.2, 0.25) is 23.6 Å². The van der Waals surface area contributed by atoms with E-state index in [1.807, 2.05) is 21.1 Å². The van der Waals surface area contributed by atoms with Crippen molar-refractivity contribution in [2.75, 3.05) is 120 Å². The van der Waals surface area contributed by atoms with Gasteiger partial charge in [0.15, 0.2) is 0 Å². The summed E-state index contributed by atoms with van der Waals surface area (Å²) in [7, 11) is 6.03. The van der Waals surface area contributed by atoms with Crippen LogP contribution in [0.1, 0.15) is 39.5 Å². The van der Waals surface area contributed by atoms with Crippen molar-refractivity contribution < 1.29 is 42.9 Å². The number of primary amides is 2. The fraction of sp³-hybridized carbons (Fsp3) is 0.844. The van der Waals surface area contributed by atoms with Gasteiger partial charge in [-0.2, -0.15) is 0 Å². The Morgan fingerprint density at radius 3 is 1.70 bits per heavy atom. The Labute approximate surface area is 297 Å². The lowest BCUT2D eigenvalue weighted by Gasteiger charge is -2.24. The summed E-state index contributed by atoms with van der Waals surface area (Å²) in [5.74, 6) is -1.92. The number of hydrogen-bond donors (Lipinski definition) is 7. The molecule has 0 heterocycles. The van der Waals surface area contributed by atoms with Crippen molar-refractivity contribution in [3.8, 4) is 0 Å². The van der Waals surface area contributed by atoms with E-state index in [-0.39, 0.29) is 50.3 Å². The van der Waals surface area contributed by atoms with Gasteiger partial charge in [-0.05, 0) is 39.9 Å². The van der Waals surface area contributed by atoms with Crippen LogP contribution in [0.25, 0.3) is 0 Å². The maximum absolute atomic E-state index is 12.8. The minimum atomic E-state index is -0.957. The SMILES string of the molecule is CNCCN(CCNC(=O)CCOCCOCCOCCOCCC(=O)NC(C(=O)NC(CCCNC(N)=O)C(N)=O)C(C)C)CCN(C)C. The highest BCUT2D eigenvalue weighted by Gasteiger charge is 2.27. The summed E-state index contributed by atoms with van der Waals surface area (Å²) in [6.07, 6.45) is 0.903. The molecule has 0 bridgehead atoms. The molecule has 0 radical (unpaired) electrons. The highest BCUT2D eigenvalue weighted by molar-refractivity contribution is 5.91. The van der Waals surface area contributed by atoms with Gasteiger partial charge >= 0.3 is 6.03 Å². The lowest BCUT2D eigenvalue weighted by atomic mass is 10.0. The van der Waals surface area contributed by atoms with E-state index in [4.69, 9.17) is 30.4 Å². The fourth-order valence-electron chi connectivity index (χ4n) is 4.33. The Bertz CT molecular complexity index is 945. The molecule has 2 atom stereocenters. The van der Waals surface area contributed by atoms with Crippen molar-refractivity contribution in [1.29, 1.82) is 0 Å². The van der Waals surface area contributed by atoms with E-state index >= 15 is 0 Å². The molecule has 0 aromatic carbocycles. The summed E-state index contributed by atoms with van der Waals surface area (Å²) in [5.41, 5.74) is 10.4. The quantitative estimate of drug-likeness (QED) is 0.0351. The molecular formula is C32H65N9O9. The second-order valence-electron chi connectivity index (χ2n) is 12.2. The Morgan fingerprint density at radius 2 is 1.20 bits per heavy atom. The van der Waals surface area contributed by atoms with E-state index in [9.17, 15) is 24.0 Å². The largest absolute Gasteiger partial charge is 0.379 e. The van der Waals surface area contributed by atoms with Crippen molar-refractivity contribution in [2.24, 2.45) is 17.4 Å². The minimum Gasteiger partial charge on any atom is -0.379 e. The summed E-state index contributed by atoms with van der Waals surface area (Å²) >= 11 is 0. The summed E-state index contributed by atoms with van der Waals surface area (Å²) in [6, 6.07) is -2.52. The second kappa shape index (κ2) is 30.7. The van der Waals surface area contributed by atoms with E-state index in [0.29, 0.717) is 59.0 Å². The fourth-order valence-corrected chi connectivity index (χ4v) is 4.33. The molecule has 9 N–H and O–H groups in total. The summed E-state index contributed by atoms with van der Waals surface area (Å²) in [5, 5.41) is 13.8. The number of likely N-dealkylation sites (N-methyl/N-ethyl adjacent to an activating group) is 2. The molecule has 0 aromatic rings. The molecule has 0 aromatic heterocycles. The number of carbonyl (C=O) groups is 5. The maximum atomic E-state index is 12.8. The number of ether oxygens (including phenoxy) is 4. The molecule has 0 spiro atoms. The van der Waals surface area contributed by atoms with E-state index < -0.39 is 29.9 Å². The number of nitrogens with one attached hydrogen (secondary N) is 5. The summed E-state index contributed by atoms with van der Waals surface area (Å²) < 4.78 is 21.9. The van der Waals surface area contributed by atoms with E-state index in [1.165, 1.54) is 0 Å². The van der Waals surface area contributed by atoms with Crippen LogP contribution >= 0.6 is 0 Å². The van der Waals surface area contributed by atoms with Crippen LogP contribution in [-0.2, 0) is 38.1 Å². The number of carbonyl (C=O) groups excluding carboxylic acids is 5. The van der Waals surface area contributed by atoms with Crippen LogP contribution in [0.4, 0.5) is 4.79 Å². The Balaban J connectivity index is 3.91. The van der Waals surface area contributed by atoms with Crippen LogP contribution in [0.3, 0.4) is 0 Å². The minimum absolute atomic E-state index is 0.0337. The third-order valence-corrected chi connectivity index (χ3v) is 7.25. The molecule has 0 aliphatic carbocycles. The van der Waals surface area contributed by atoms with Crippen LogP contribution < -0.4 is 38.1 Å². The molecule has 18 heteroatoms. The molecule has 292 valence electrons. The third-order valence-electron chi connectivity index (χ3n) is 7.25. The highest BCUT2D eigenvalue weighted by atomic mass is 16.6. The van der Waals surface area contributed by atoms with Crippen molar-refractivity contribution >= 4 is 29.7 Å². The number of rotatable bonds is 33. The first kappa shape index (κ1) is 46.9. The zero-order chi connectivity index (χ0) is 37.6. The lowest BCUT2D eigenvalue weighted by Crippen LogP contribution is -2.54. The van der Waals surface area contributed by atoms with Crippen molar-refractivity contribution in [3.05, 3.63) is 0 Å². The van der Waals surface area contributed by atoms with Crippen molar-refractivity contribution in [1.82, 2.24) is 36.4 Å². The standard InChI is InChI=1S/C32H65N9O9/c1-25(2)29(31(45)38-26(30(33)44)7-6-10-37-32(34)46)39-28(43)9-18-48-20-22-50-24-23-49-21-19-47-17-8-27(42)36-12-14-41(13-11-35-3)16-15-40(4)5/h25-26,29,35H,6-24H2,1-5H3,(H2,33,44)(H,36,42)(H,38,45)(H,39,43)(H3,34,37,46). The average molecular weight is 720 g/mol. The predicted octanol–water partition coefficient (Wildman–Crippen LogP) is -2.41. The van der Waals surface area contributed by atoms with Gasteiger partial charge in [-0.15, -0.1) is 0 Å². The molecule has 0 aliphatic heterocycles. The van der Waals surface area contributed by atoms with Crippen LogP contribution in [0, 0.1) is 5.92 Å². The van der Waals surface area contributed by atoms with E-state index in [1.54, 1.807) is 13.8 Å². The topological polar surface area (TPSA) is 241 Å². The van der Waals surface area contributed by atoms with E-state index in [2.05, 4.69) is 36.4 Å². The number of urea groups is 1. The van der Waals surface area contributed by atoms with Gasteiger partial charge in [-0.3, -0.25) is 24.1 Å². The predicted molar refractivity (Wildman–Crippen MR) is 189 cm³/mol. The van der Waals surface area contributed by atoms with E-state index in [0.717, 1.165) is 32.7 Å². The van der Waals surface area contributed by atoms with Crippen LogP contribution in [0.15, 0.2) is 0 Å². The first-order valence-corrected chi connectivity index (χ1v) is 17.4. The van der Waals surface area contributed by atoms with Gasteiger partial charge in [-0.25, -0.2) is 4.79 Å². The van der Waals surface area contributed by atoms with Crippen molar-refractivity contribution in [3.63, 3.8) is 0 Å². The maximum Gasteiger partial charge on any atom is 0.312 e. The first-order chi connectivity index (χ1) is 23.9. The second-order valence-corrected chi connectivity index (χ2v) is 12.2. The monoisotopic (exact) mass is 719 g/mol. The molecular weight excluding hydrogens is 654 g/mol. The molecule has 0 rings (SSSR count). The van der Waals surface area contributed by atoms with Gasteiger partial charge in [0.1, 0.15) is 12.1 Å². The third kappa shape index (κ3) is 27.7. The molecule has 0 fully saturated rings. The van der Waals surface area contributed by atoms with Crippen LogP contribution in [-0.4, -0.2) is 171 Å².